The maximum atomic E-state index is 13.3. The summed E-state index contributed by atoms with van der Waals surface area (Å²) in [4.78, 5) is 8.56. The number of pyridine rings is 1. The van der Waals surface area contributed by atoms with Gasteiger partial charge in [-0.1, -0.05) is 6.07 Å². The minimum Gasteiger partial charge on any atom is -0.280 e. The first-order valence-corrected chi connectivity index (χ1v) is 7.08. The van der Waals surface area contributed by atoms with Crippen LogP contribution < -0.4 is 5.32 Å². The molecule has 0 amide bonds. The molecule has 1 N–H and O–H groups in total. The second-order valence-corrected chi connectivity index (χ2v) is 5.12. The Balaban J connectivity index is 2.27. The highest BCUT2D eigenvalue weighted by atomic mass is 19.1. The van der Waals surface area contributed by atoms with Crippen LogP contribution in [-0.4, -0.2) is 10.8 Å². The van der Waals surface area contributed by atoms with Gasteiger partial charge in [0.25, 0.3) is 0 Å². The van der Waals surface area contributed by atoms with E-state index >= 15 is 0 Å². The number of nitrogens with one attached hydrogen (secondary N) is 1. The van der Waals surface area contributed by atoms with Gasteiger partial charge in [-0.25, -0.2) is 8.78 Å². The molecule has 1 unspecified atom stereocenters. The fraction of sp³-hybridized carbons (Fsp3) is 0.235. The fourth-order valence-electron chi connectivity index (χ4n) is 2.20. The number of hydrogen-bond acceptors (Lipinski definition) is 3. The van der Waals surface area contributed by atoms with Crippen LogP contribution in [0.2, 0.25) is 0 Å². The zero-order chi connectivity index (χ0) is 16.8. The molecule has 0 aliphatic rings. The van der Waals surface area contributed by atoms with E-state index in [2.05, 4.69) is 15.3 Å². The Kier molecular flexibility index (Phi) is 5.36. The Labute approximate surface area is 133 Å². The van der Waals surface area contributed by atoms with Crippen molar-refractivity contribution in [1.29, 1.82) is 5.26 Å². The first-order chi connectivity index (χ1) is 11.0. The van der Waals surface area contributed by atoms with E-state index in [9.17, 15) is 8.78 Å². The van der Waals surface area contributed by atoms with Crippen molar-refractivity contribution in [3.8, 4) is 6.19 Å². The second-order valence-electron chi connectivity index (χ2n) is 5.12. The molecule has 1 atom stereocenters. The molecule has 0 aliphatic heterocycles. The van der Waals surface area contributed by atoms with Gasteiger partial charge in [0, 0.05) is 24.4 Å². The predicted molar refractivity (Wildman–Crippen MR) is 83.6 cm³/mol. The summed E-state index contributed by atoms with van der Waals surface area (Å²) in [5.74, 6) is -0.888. The van der Waals surface area contributed by atoms with Gasteiger partial charge >= 0.3 is 0 Å². The van der Waals surface area contributed by atoms with Gasteiger partial charge in [-0.15, -0.1) is 0 Å². The Morgan fingerprint density at radius 3 is 2.65 bits per heavy atom. The Hall–Kier alpha value is -2.81. The number of halogens is 2. The van der Waals surface area contributed by atoms with Crippen LogP contribution in [0.25, 0.3) is 0 Å². The lowest BCUT2D eigenvalue weighted by Gasteiger charge is -2.12. The topological polar surface area (TPSA) is 61.1 Å². The predicted octanol–water partition coefficient (Wildman–Crippen LogP) is 3.44. The Bertz CT molecular complexity index is 745. The fourth-order valence-corrected chi connectivity index (χ4v) is 2.20. The number of rotatable bonds is 4. The van der Waals surface area contributed by atoms with E-state index in [1.54, 1.807) is 19.2 Å². The molecular formula is C17H16F2N4. The molecule has 2 aromatic rings. The lowest BCUT2D eigenvalue weighted by Crippen LogP contribution is -2.22. The molecule has 0 spiro atoms. The summed E-state index contributed by atoms with van der Waals surface area (Å²) >= 11 is 0. The highest BCUT2D eigenvalue weighted by Gasteiger charge is 2.11. The van der Waals surface area contributed by atoms with Crippen molar-refractivity contribution in [3.63, 3.8) is 0 Å². The van der Waals surface area contributed by atoms with Crippen molar-refractivity contribution in [1.82, 2.24) is 10.3 Å². The van der Waals surface area contributed by atoms with Crippen molar-refractivity contribution < 1.29 is 8.78 Å². The molecule has 1 aromatic carbocycles. The molecule has 23 heavy (non-hydrogen) atoms. The highest BCUT2D eigenvalue weighted by molar-refractivity contribution is 5.86. The summed E-state index contributed by atoms with van der Waals surface area (Å²) in [5, 5.41) is 11.4. The van der Waals surface area contributed by atoms with Crippen molar-refractivity contribution in [2.45, 2.75) is 26.3 Å². The third kappa shape index (κ3) is 4.58. The average molecular weight is 314 g/mol. The highest BCUT2D eigenvalue weighted by Crippen LogP contribution is 2.20. The number of hydrogen-bond donors (Lipinski definition) is 1. The molecule has 0 aliphatic carbocycles. The van der Waals surface area contributed by atoms with Crippen LogP contribution in [0.1, 0.15) is 29.8 Å². The van der Waals surface area contributed by atoms with Crippen LogP contribution in [0.4, 0.5) is 8.78 Å². The van der Waals surface area contributed by atoms with Gasteiger partial charge in [-0.2, -0.15) is 5.26 Å². The van der Waals surface area contributed by atoms with Crippen molar-refractivity contribution in [2.75, 3.05) is 0 Å². The van der Waals surface area contributed by atoms with Gasteiger partial charge < -0.3 is 0 Å². The number of aliphatic imine (C=N–C) groups is 1. The molecule has 0 saturated heterocycles. The quantitative estimate of drug-likeness (QED) is 0.407. The zero-order valence-electron chi connectivity index (χ0n) is 12.8. The largest absolute Gasteiger partial charge is 0.280 e. The SMILES string of the molecule is Cc1ncccc1CC(=NC(C)c1cc(F)cc(F)c1)NC#N. The van der Waals surface area contributed by atoms with Gasteiger partial charge in [0.2, 0.25) is 0 Å². The molecule has 0 fully saturated rings. The molecule has 1 aromatic heterocycles. The summed E-state index contributed by atoms with van der Waals surface area (Å²) < 4.78 is 26.6. The van der Waals surface area contributed by atoms with Gasteiger partial charge in [-0.05, 0) is 43.2 Å². The van der Waals surface area contributed by atoms with E-state index in [0.717, 1.165) is 17.3 Å². The van der Waals surface area contributed by atoms with E-state index in [1.807, 2.05) is 19.2 Å². The summed E-state index contributed by atoms with van der Waals surface area (Å²) in [6, 6.07) is 6.48. The summed E-state index contributed by atoms with van der Waals surface area (Å²) in [6.45, 7) is 3.58. The molecule has 1 heterocycles. The number of amidine groups is 1. The lowest BCUT2D eigenvalue weighted by atomic mass is 10.1. The van der Waals surface area contributed by atoms with Gasteiger partial charge in [0.1, 0.15) is 17.5 Å². The van der Waals surface area contributed by atoms with E-state index < -0.39 is 17.7 Å². The first kappa shape index (κ1) is 16.6. The second kappa shape index (κ2) is 7.45. The number of nitriles is 1. The van der Waals surface area contributed by atoms with E-state index in [-0.39, 0.29) is 0 Å². The maximum Gasteiger partial charge on any atom is 0.182 e. The monoisotopic (exact) mass is 314 g/mol. The Morgan fingerprint density at radius 1 is 1.35 bits per heavy atom. The average Bonchev–Trinajstić information content (AvgIpc) is 2.48. The van der Waals surface area contributed by atoms with Gasteiger partial charge in [0.05, 0.1) is 6.04 Å². The molecule has 0 bridgehead atoms. The van der Waals surface area contributed by atoms with Gasteiger partial charge in [-0.3, -0.25) is 15.3 Å². The summed E-state index contributed by atoms with van der Waals surface area (Å²) in [6.07, 6.45) is 3.91. The lowest BCUT2D eigenvalue weighted by molar-refractivity contribution is 0.576. The number of aryl methyl sites for hydroxylation is 1. The Morgan fingerprint density at radius 2 is 2.04 bits per heavy atom. The van der Waals surface area contributed by atoms with E-state index in [4.69, 9.17) is 5.26 Å². The number of aromatic nitrogens is 1. The summed E-state index contributed by atoms with van der Waals surface area (Å²) in [7, 11) is 0. The normalized spacial score (nSPS) is 12.6. The molecule has 0 radical (unpaired) electrons. The molecule has 0 saturated carbocycles. The van der Waals surface area contributed by atoms with Crippen molar-refractivity contribution in [2.24, 2.45) is 4.99 Å². The first-order valence-electron chi connectivity index (χ1n) is 7.08. The van der Waals surface area contributed by atoms with Crippen molar-refractivity contribution in [3.05, 3.63) is 65.0 Å². The van der Waals surface area contributed by atoms with Crippen LogP contribution in [0.3, 0.4) is 0 Å². The van der Waals surface area contributed by atoms with Gasteiger partial charge in [0.15, 0.2) is 6.19 Å². The molecule has 2 rings (SSSR count). The minimum absolute atomic E-state index is 0.384. The minimum atomic E-state index is -0.653. The van der Waals surface area contributed by atoms with E-state index in [0.29, 0.717) is 17.8 Å². The number of benzene rings is 1. The smallest absolute Gasteiger partial charge is 0.182 e. The van der Waals surface area contributed by atoms with Crippen LogP contribution >= 0.6 is 0 Å². The standard InChI is InChI=1S/C17H16F2N4/c1-11-13(4-3-5-21-11)8-17(22-10-20)23-12(2)14-6-15(18)9-16(19)7-14/h3-7,9,12H,8H2,1-2H3,(H,22,23). The van der Waals surface area contributed by atoms with Crippen molar-refractivity contribution >= 4 is 5.84 Å². The maximum absolute atomic E-state index is 13.3. The summed E-state index contributed by atoms with van der Waals surface area (Å²) in [5.41, 5.74) is 2.17. The number of nitrogens with zero attached hydrogens (tertiary/aromatic N) is 3. The zero-order valence-corrected chi connectivity index (χ0v) is 12.8. The van der Waals surface area contributed by atoms with Crippen LogP contribution in [0.5, 0.6) is 0 Å². The van der Waals surface area contributed by atoms with Crippen LogP contribution in [-0.2, 0) is 6.42 Å². The van der Waals surface area contributed by atoms with Crippen LogP contribution in [0.15, 0.2) is 41.5 Å². The van der Waals surface area contributed by atoms with Crippen LogP contribution in [0, 0.1) is 30.0 Å². The molecule has 6 heteroatoms. The molecule has 118 valence electrons. The molecule has 4 nitrogen and oxygen atoms in total. The third-order valence-electron chi connectivity index (χ3n) is 3.39. The van der Waals surface area contributed by atoms with E-state index in [1.165, 1.54) is 12.1 Å². The third-order valence-corrected chi connectivity index (χ3v) is 3.39. The molecular weight excluding hydrogens is 298 g/mol.